The number of benzene rings is 1. The molecule has 0 saturated heterocycles. The van der Waals surface area contributed by atoms with Crippen LogP contribution < -0.4 is 0 Å². The molecular weight excluding hydrogens is 260 g/mol. The smallest absolute Gasteiger partial charge is 0.335 e. The number of rotatable bonds is 7. The Morgan fingerprint density at radius 2 is 1.95 bits per heavy atom. The SMILES string of the molecule is CCCCCCC1CC=C(c2ccc(C(=O)O)cc2)CC1. The van der Waals surface area contributed by atoms with E-state index >= 15 is 0 Å². The lowest BCUT2D eigenvalue weighted by atomic mass is 9.84. The molecule has 0 spiro atoms. The maximum absolute atomic E-state index is 10.9. The van der Waals surface area contributed by atoms with E-state index in [1.165, 1.54) is 56.1 Å². The molecule has 0 fully saturated rings. The van der Waals surface area contributed by atoms with Gasteiger partial charge in [0.05, 0.1) is 5.56 Å². The van der Waals surface area contributed by atoms with Crippen LogP contribution in [0.15, 0.2) is 30.3 Å². The molecule has 0 aromatic heterocycles. The van der Waals surface area contributed by atoms with Gasteiger partial charge in [0.25, 0.3) is 0 Å². The molecule has 2 rings (SSSR count). The Bertz CT molecular complexity index is 485. The van der Waals surface area contributed by atoms with E-state index in [0.29, 0.717) is 5.56 Å². The molecule has 1 aliphatic rings. The molecule has 0 heterocycles. The molecule has 114 valence electrons. The largest absolute Gasteiger partial charge is 0.478 e. The van der Waals surface area contributed by atoms with Crippen molar-refractivity contribution in [1.29, 1.82) is 0 Å². The number of hydrogen-bond acceptors (Lipinski definition) is 1. The minimum atomic E-state index is -0.855. The zero-order valence-electron chi connectivity index (χ0n) is 13.0. The third kappa shape index (κ3) is 4.73. The van der Waals surface area contributed by atoms with Crippen molar-refractivity contribution in [1.82, 2.24) is 0 Å². The lowest BCUT2D eigenvalue weighted by Gasteiger charge is -2.22. The molecule has 1 N–H and O–H groups in total. The summed E-state index contributed by atoms with van der Waals surface area (Å²) < 4.78 is 0. The average molecular weight is 286 g/mol. The van der Waals surface area contributed by atoms with Gasteiger partial charge in [-0.1, -0.05) is 57.2 Å². The van der Waals surface area contributed by atoms with Crippen molar-refractivity contribution in [3.8, 4) is 0 Å². The summed E-state index contributed by atoms with van der Waals surface area (Å²) in [5.41, 5.74) is 2.94. The number of hydrogen-bond donors (Lipinski definition) is 1. The van der Waals surface area contributed by atoms with Gasteiger partial charge in [0, 0.05) is 0 Å². The normalized spacial score (nSPS) is 18.3. The summed E-state index contributed by atoms with van der Waals surface area (Å²) in [5.74, 6) is -0.00443. The first kappa shape index (κ1) is 15.8. The molecule has 1 aromatic rings. The van der Waals surface area contributed by atoms with Crippen molar-refractivity contribution in [2.75, 3.05) is 0 Å². The molecule has 0 saturated carbocycles. The molecule has 21 heavy (non-hydrogen) atoms. The van der Waals surface area contributed by atoms with Crippen molar-refractivity contribution < 1.29 is 9.90 Å². The lowest BCUT2D eigenvalue weighted by Crippen LogP contribution is -2.05. The zero-order chi connectivity index (χ0) is 15.1. The van der Waals surface area contributed by atoms with Gasteiger partial charge in [0.2, 0.25) is 0 Å². The quantitative estimate of drug-likeness (QED) is 0.668. The molecule has 1 aromatic carbocycles. The fourth-order valence-corrected chi connectivity index (χ4v) is 3.10. The first-order valence-electron chi connectivity index (χ1n) is 8.23. The monoisotopic (exact) mass is 286 g/mol. The summed E-state index contributed by atoms with van der Waals surface area (Å²) >= 11 is 0. The molecule has 0 radical (unpaired) electrons. The third-order valence-electron chi connectivity index (χ3n) is 4.49. The molecule has 1 unspecified atom stereocenters. The van der Waals surface area contributed by atoms with Crippen LogP contribution in [0.3, 0.4) is 0 Å². The van der Waals surface area contributed by atoms with Crippen LogP contribution in [0.4, 0.5) is 0 Å². The van der Waals surface area contributed by atoms with Gasteiger partial charge >= 0.3 is 5.97 Å². The average Bonchev–Trinajstić information content (AvgIpc) is 2.52. The van der Waals surface area contributed by atoms with Crippen LogP contribution in [0.25, 0.3) is 5.57 Å². The van der Waals surface area contributed by atoms with Crippen molar-refractivity contribution >= 4 is 11.5 Å². The Balaban J connectivity index is 1.86. The van der Waals surface area contributed by atoms with Crippen molar-refractivity contribution in [2.45, 2.75) is 58.3 Å². The van der Waals surface area contributed by atoms with Gasteiger partial charge in [0.15, 0.2) is 0 Å². The Hall–Kier alpha value is -1.57. The molecule has 2 heteroatoms. The predicted octanol–water partition coefficient (Wildman–Crippen LogP) is 5.54. The first-order valence-corrected chi connectivity index (χ1v) is 8.23. The first-order chi connectivity index (χ1) is 10.2. The fraction of sp³-hybridized carbons (Fsp3) is 0.526. The van der Waals surface area contributed by atoms with E-state index in [4.69, 9.17) is 5.11 Å². The number of allylic oxidation sites excluding steroid dienone is 2. The molecule has 0 aliphatic heterocycles. The minimum absolute atomic E-state index is 0.365. The fourth-order valence-electron chi connectivity index (χ4n) is 3.10. The maximum atomic E-state index is 10.9. The number of carbonyl (C=O) groups is 1. The Kier molecular flexibility index (Phi) is 6.04. The van der Waals surface area contributed by atoms with Crippen LogP contribution in [-0.4, -0.2) is 11.1 Å². The van der Waals surface area contributed by atoms with Gasteiger partial charge in [-0.2, -0.15) is 0 Å². The topological polar surface area (TPSA) is 37.3 Å². The van der Waals surface area contributed by atoms with Gasteiger partial charge in [-0.15, -0.1) is 0 Å². The van der Waals surface area contributed by atoms with Crippen LogP contribution in [0, 0.1) is 5.92 Å². The van der Waals surface area contributed by atoms with Gasteiger partial charge in [-0.05, 0) is 48.4 Å². The highest BCUT2D eigenvalue weighted by atomic mass is 16.4. The Morgan fingerprint density at radius 1 is 1.19 bits per heavy atom. The number of aromatic carboxylic acids is 1. The van der Waals surface area contributed by atoms with Crippen LogP contribution in [0.5, 0.6) is 0 Å². The molecule has 2 nitrogen and oxygen atoms in total. The van der Waals surface area contributed by atoms with Gasteiger partial charge in [0.1, 0.15) is 0 Å². The number of carboxylic acids is 1. The summed E-state index contributed by atoms with van der Waals surface area (Å²) in [6.07, 6.45) is 12.7. The molecule has 1 aliphatic carbocycles. The molecule has 0 amide bonds. The molecular formula is C19H26O2. The van der Waals surface area contributed by atoms with E-state index in [1.807, 2.05) is 12.1 Å². The highest BCUT2D eigenvalue weighted by Crippen LogP contribution is 2.32. The number of carboxylic acid groups (broad SMARTS) is 1. The molecule has 1 atom stereocenters. The Morgan fingerprint density at radius 3 is 2.52 bits per heavy atom. The summed E-state index contributed by atoms with van der Waals surface area (Å²) in [4.78, 5) is 10.9. The summed E-state index contributed by atoms with van der Waals surface area (Å²) in [6, 6.07) is 7.29. The van der Waals surface area contributed by atoms with Gasteiger partial charge in [-0.25, -0.2) is 4.79 Å². The second kappa shape index (κ2) is 8.02. The highest BCUT2D eigenvalue weighted by Gasteiger charge is 2.15. The van der Waals surface area contributed by atoms with E-state index in [2.05, 4.69) is 13.0 Å². The zero-order valence-corrected chi connectivity index (χ0v) is 13.0. The maximum Gasteiger partial charge on any atom is 0.335 e. The minimum Gasteiger partial charge on any atom is -0.478 e. The van der Waals surface area contributed by atoms with Crippen molar-refractivity contribution in [3.05, 3.63) is 41.5 Å². The third-order valence-corrected chi connectivity index (χ3v) is 4.49. The van der Waals surface area contributed by atoms with E-state index in [9.17, 15) is 4.79 Å². The summed E-state index contributed by atoms with van der Waals surface area (Å²) in [5, 5.41) is 8.93. The van der Waals surface area contributed by atoms with E-state index in [0.717, 1.165) is 12.3 Å². The van der Waals surface area contributed by atoms with E-state index in [1.54, 1.807) is 12.1 Å². The van der Waals surface area contributed by atoms with Crippen molar-refractivity contribution in [3.63, 3.8) is 0 Å². The summed E-state index contributed by atoms with van der Waals surface area (Å²) in [6.45, 7) is 2.26. The van der Waals surface area contributed by atoms with Crippen LogP contribution in [0.2, 0.25) is 0 Å². The second-order valence-corrected chi connectivity index (χ2v) is 6.10. The van der Waals surface area contributed by atoms with Gasteiger partial charge < -0.3 is 5.11 Å². The Labute approximate surface area is 127 Å². The second-order valence-electron chi connectivity index (χ2n) is 6.10. The highest BCUT2D eigenvalue weighted by molar-refractivity contribution is 5.88. The van der Waals surface area contributed by atoms with Crippen molar-refractivity contribution in [2.24, 2.45) is 5.92 Å². The lowest BCUT2D eigenvalue weighted by molar-refractivity contribution is 0.0697. The van der Waals surface area contributed by atoms with Crippen LogP contribution >= 0.6 is 0 Å². The van der Waals surface area contributed by atoms with E-state index < -0.39 is 5.97 Å². The van der Waals surface area contributed by atoms with Crippen LogP contribution in [-0.2, 0) is 0 Å². The predicted molar refractivity (Wildman–Crippen MR) is 87.5 cm³/mol. The number of unbranched alkanes of at least 4 members (excludes halogenated alkanes) is 3. The molecule has 0 bridgehead atoms. The van der Waals surface area contributed by atoms with Crippen LogP contribution in [0.1, 0.15) is 74.2 Å². The standard InChI is InChI=1S/C19H26O2/c1-2-3-4-5-6-15-7-9-16(10-8-15)17-11-13-18(14-12-17)19(20)21/h9,11-15H,2-8,10H2,1H3,(H,20,21). The van der Waals surface area contributed by atoms with E-state index in [-0.39, 0.29) is 0 Å². The summed E-state index contributed by atoms with van der Waals surface area (Å²) in [7, 11) is 0. The van der Waals surface area contributed by atoms with Gasteiger partial charge in [-0.3, -0.25) is 0 Å².